The van der Waals surface area contributed by atoms with Gasteiger partial charge in [-0.25, -0.2) is 0 Å². The molecule has 1 atom stereocenters. The number of hydrogen-bond acceptors (Lipinski definition) is 2. The Morgan fingerprint density at radius 2 is 2.13 bits per heavy atom. The zero-order chi connectivity index (χ0) is 11.1. The van der Waals surface area contributed by atoms with Crippen LogP contribution >= 0.6 is 15.9 Å². The third-order valence-electron chi connectivity index (χ3n) is 2.42. The Morgan fingerprint density at radius 3 is 2.80 bits per heavy atom. The van der Waals surface area contributed by atoms with E-state index in [4.69, 9.17) is 5.73 Å². The molecule has 3 N–H and O–H groups in total. The maximum atomic E-state index is 5.54. The van der Waals surface area contributed by atoms with Crippen LogP contribution in [0.1, 0.15) is 12.5 Å². The Balaban J connectivity index is 2.23. The summed E-state index contributed by atoms with van der Waals surface area (Å²) in [6.45, 7) is 4.92. The van der Waals surface area contributed by atoms with Gasteiger partial charge in [0.1, 0.15) is 0 Å². The number of hydrogen-bond donors (Lipinski definition) is 2. The largest absolute Gasteiger partial charge is 0.330 e. The van der Waals surface area contributed by atoms with Crippen LogP contribution in [0.25, 0.3) is 0 Å². The Morgan fingerprint density at radius 1 is 1.40 bits per heavy atom. The van der Waals surface area contributed by atoms with E-state index >= 15 is 0 Å². The predicted molar refractivity (Wildman–Crippen MR) is 68.9 cm³/mol. The smallest absolute Gasteiger partial charge is 0.0207 e. The minimum Gasteiger partial charge on any atom is -0.330 e. The van der Waals surface area contributed by atoms with Crippen LogP contribution in [0.4, 0.5) is 0 Å². The lowest BCUT2D eigenvalue weighted by Gasteiger charge is -2.10. The summed E-state index contributed by atoms with van der Waals surface area (Å²) in [5.41, 5.74) is 6.89. The van der Waals surface area contributed by atoms with Crippen molar-refractivity contribution in [1.82, 2.24) is 5.32 Å². The molecule has 0 saturated carbocycles. The molecule has 0 aliphatic carbocycles. The van der Waals surface area contributed by atoms with Crippen LogP contribution in [0.2, 0.25) is 0 Å². The van der Waals surface area contributed by atoms with Crippen LogP contribution < -0.4 is 11.1 Å². The SMILES string of the molecule is CC(CN)CNCCc1ccccc1Br. The molecular weight excluding hydrogens is 252 g/mol. The van der Waals surface area contributed by atoms with Crippen molar-refractivity contribution in [3.63, 3.8) is 0 Å². The summed E-state index contributed by atoms with van der Waals surface area (Å²) in [6, 6.07) is 8.34. The zero-order valence-corrected chi connectivity index (χ0v) is 10.8. The van der Waals surface area contributed by atoms with Crippen molar-refractivity contribution in [2.45, 2.75) is 13.3 Å². The molecule has 1 aromatic rings. The van der Waals surface area contributed by atoms with Crippen LogP contribution in [0.15, 0.2) is 28.7 Å². The molecule has 0 heterocycles. The van der Waals surface area contributed by atoms with Crippen LogP contribution in [-0.2, 0) is 6.42 Å². The van der Waals surface area contributed by atoms with Gasteiger partial charge in [-0.2, -0.15) is 0 Å². The standard InChI is InChI=1S/C12H19BrN2/c1-10(8-14)9-15-7-6-11-4-2-3-5-12(11)13/h2-5,10,15H,6-9,14H2,1H3. The topological polar surface area (TPSA) is 38.0 Å². The molecule has 0 aliphatic rings. The molecular formula is C12H19BrN2. The van der Waals surface area contributed by atoms with Crippen molar-refractivity contribution in [1.29, 1.82) is 0 Å². The van der Waals surface area contributed by atoms with Crippen LogP contribution in [0, 0.1) is 5.92 Å². The summed E-state index contributed by atoms with van der Waals surface area (Å²) in [4.78, 5) is 0. The van der Waals surface area contributed by atoms with E-state index in [9.17, 15) is 0 Å². The molecule has 0 aliphatic heterocycles. The molecule has 0 amide bonds. The lowest BCUT2D eigenvalue weighted by molar-refractivity contribution is 0.524. The molecule has 0 spiro atoms. The van der Waals surface area contributed by atoms with E-state index in [1.54, 1.807) is 0 Å². The first-order valence-corrected chi connectivity index (χ1v) is 6.17. The average Bonchev–Trinajstić information content (AvgIpc) is 2.26. The highest BCUT2D eigenvalue weighted by atomic mass is 79.9. The summed E-state index contributed by atoms with van der Waals surface area (Å²) in [5.74, 6) is 0.559. The summed E-state index contributed by atoms with van der Waals surface area (Å²) >= 11 is 3.54. The summed E-state index contributed by atoms with van der Waals surface area (Å²) in [5, 5.41) is 3.41. The zero-order valence-electron chi connectivity index (χ0n) is 9.17. The monoisotopic (exact) mass is 270 g/mol. The third-order valence-corrected chi connectivity index (χ3v) is 3.20. The summed E-state index contributed by atoms with van der Waals surface area (Å²) in [7, 11) is 0. The highest BCUT2D eigenvalue weighted by molar-refractivity contribution is 9.10. The molecule has 1 aromatic carbocycles. The second-order valence-corrected chi connectivity index (χ2v) is 4.74. The van der Waals surface area contributed by atoms with Gasteiger partial charge < -0.3 is 11.1 Å². The van der Waals surface area contributed by atoms with E-state index in [0.29, 0.717) is 5.92 Å². The Bertz CT molecular complexity index is 289. The van der Waals surface area contributed by atoms with Gasteiger partial charge in [0.25, 0.3) is 0 Å². The first kappa shape index (κ1) is 12.7. The number of nitrogens with two attached hydrogens (primary N) is 1. The van der Waals surface area contributed by atoms with Crippen LogP contribution in [-0.4, -0.2) is 19.6 Å². The summed E-state index contributed by atoms with van der Waals surface area (Å²) < 4.78 is 1.19. The molecule has 0 bridgehead atoms. The van der Waals surface area contributed by atoms with Crippen molar-refractivity contribution < 1.29 is 0 Å². The van der Waals surface area contributed by atoms with E-state index in [0.717, 1.165) is 26.1 Å². The highest BCUT2D eigenvalue weighted by Gasteiger charge is 2.00. The summed E-state index contributed by atoms with van der Waals surface area (Å²) in [6.07, 6.45) is 1.05. The number of rotatable bonds is 6. The van der Waals surface area contributed by atoms with Crippen molar-refractivity contribution in [2.24, 2.45) is 11.7 Å². The lowest BCUT2D eigenvalue weighted by atomic mass is 10.1. The molecule has 0 aromatic heterocycles. The maximum absolute atomic E-state index is 5.54. The van der Waals surface area contributed by atoms with Gasteiger partial charge in [0, 0.05) is 4.47 Å². The van der Waals surface area contributed by atoms with Gasteiger partial charge in [-0.3, -0.25) is 0 Å². The van der Waals surface area contributed by atoms with E-state index in [2.05, 4.69) is 46.4 Å². The Labute approximate surface area is 100 Å². The highest BCUT2D eigenvalue weighted by Crippen LogP contribution is 2.15. The van der Waals surface area contributed by atoms with Gasteiger partial charge in [0.05, 0.1) is 0 Å². The molecule has 2 nitrogen and oxygen atoms in total. The minimum atomic E-state index is 0.559. The second-order valence-electron chi connectivity index (χ2n) is 3.89. The number of nitrogens with one attached hydrogen (secondary N) is 1. The fraction of sp³-hybridized carbons (Fsp3) is 0.500. The Kier molecular flexibility index (Phi) is 5.91. The fourth-order valence-corrected chi connectivity index (χ4v) is 1.84. The van der Waals surface area contributed by atoms with Crippen molar-refractivity contribution in [2.75, 3.05) is 19.6 Å². The first-order chi connectivity index (χ1) is 7.24. The molecule has 0 radical (unpaired) electrons. The number of halogens is 1. The normalized spacial score (nSPS) is 12.7. The average molecular weight is 271 g/mol. The van der Waals surface area contributed by atoms with Crippen LogP contribution in [0.5, 0.6) is 0 Å². The molecule has 84 valence electrons. The predicted octanol–water partition coefficient (Wildman–Crippen LogP) is 2.18. The molecule has 3 heteroatoms. The third kappa shape index (κ3) is 4.78. The second kappa shape index (κ2) is 6.99. The van der Waals surface area contributed by atoms with Gasteiger partial charge in [0.2, 0.25) is 0 Å². The van der Waals surface area contributed by atoms with Gasteiger partial charge in [0.15, 0.2) is 0 Å². The number of benzene rings is 1. The first-order valence-electron chi connectivity index (χ1n) is 5.38. The van der Waals surface area contributed by atoms with Crippen molar-refractivity contribution >= 4 is 15.9 Å². The lowest BCUT2D eigenvalue weighted by Crippen LogP contribution is -2.27. The van der Waals surface area contributed by atoms with Gasteiger partial charge in [-0.05, 0) is 43.6 Å². The Hall–Kier alpha value is -0.380. The maximum Gasteiger partial charge on any atom is 0.0207 e. The molecule has 0 fully saturated rings. The van der Waals surface area contributed by atoms with Gasteiger partial charge in [-0.1, -0.05) is 41.1 Å². The fourth-order valence-electron chi connectivity index (χ4n) is 1.36. The molecule has 0 saturated heterocycles. The van der Waals surface area contributed by atoms with E-state index < -0.39 is 0 Å². The van der Waals surface area contributed by atoms with Crippen molar-refractivity contribution in [3.8, 4) is 0 Å². The minimum absolute atomic E-state index is 0.559. The molecule has 1 unspecified atom stereocenters. The quantitative estimate of drug-likeness (QED) is 0.778. The van der Waals surface area contributed by atoms with Crippen LogP contribution in [0.3, 0.4) is 0 Å². The van der Waals surface area contributed by atoms with E-state index in [1.165, 1.54) is 10.0 Å². The molecule has 1 rings (SSSR count). The van der Waals surface area contributed by atoms with Gasteiger partial charge >= 0.3 is 0 Å². The van der Waals surface area contributed by atoms with Crippen molar-refractivity contribution in [3.05, 3.63) is 34.3 Å². The molecule has 15 heavy (non-hydrogen) atoms. The van der Waals surface area contributed by atoms with Gasteiger partial charge in [-0.15, -0.1) is 0 Å². The van der Waals surface area contributed by atoms with E-state index in [-0.39, 0.29) is 0 Å². The van der Waals surface area contributed by atoms with E-state index in [1.807, 2.05) is 6.07 Å².